The normalized spacial score (nSPS) is 31.8. The average molecular weight is 314 g/mol. The fraction of sp³-hybridized carbons (Fsp3) is 0.538. The number of hydrogen-bond acceptors (Lipinski definition) is 8. The number of aliphatic hydroxyl groups excluding tert-OH is 4. The number of nitrogens with one attached hydrogen (secondary N) is 1. The van der Waals surface area contributed by atoms with Crippen LogP contribution in [0.25, 0.3) is 0 Å². The first kappa shape index (κ1) is 16.6. The summed E-state index contributed by atoms with van der Waals surface area (Å²) in [6.07, 6.45) is -6.60. The molecule has 1 aromatic rings. The standard InChI is InChI=1S/C13H18N2O7/c1-6-2-3-7(15(20)21)4-8(6)14-13-12(19)11(18)10(17)9(5-16)22-13/h2-4,9-14,16-19H,5H2,1H3/t9-,10-,11-,12-,13+/m0/s1. The van der Waals surface area contributed by atoms with Crippen molar-refractivity contribution in [3.05, 3.63) is 33.9 Å². The number of benzene rings is 1. The summed E-state index contributed by atoms with van der Waals surface area (Å²) in [5, 5.41) is 52.0. The zero-order valence-electron chi connectivity index (χ0n) is 11.8. The van der Waals surface area contributed by atoms with Gasteiger partial charge >= 0.3 is 0 Å². The van der Waals surface area contributed by atoms with Crippen LogP contribution in [0.2, 0.25) is 0 Å². The van der Waals surface area contributed by atoms with Gasteiger partial charge in [0.25, 0.3) is 5.69 Å². The molecule has 9 nitrogen and oxygen atoms in total. The Kier molecular flexibility index (Phi) is 4.94. The minimum atomic E-state index is -1.51. The Morgan fingerprint density at radius 3 is 2.55 bits per heavy atom. The second kappa shape index (κ2) is 6.55. The number of nitro benzene ring substituents is 1. The zero-order chi connectivity index (χ0) is 16.4. The topological polar surface area (TPSA) is 145 Å². The molecular formula is C13H18N2O7. The molecule has 1 aliphatic heterocycles. The molecule has 0 spiro atoms. The Balaban J connectivity index is 2.22. The van der Waals surface area contributed by atoms with Crippen LogP contribution in [-0.4, -0.2) is 62.6 Å². The predicted octanol–water partition coefficient (Wildman–Crippen LogP) is -0.885. The quantitative estimate of drug-likeness (QED) is 0.355. The van der Waals surface area contributed by atoms with Crippen LogP contribution in [0.3, 0.4) is 0 Å². The van der Waals surface area contributed by atoms with E-state index in [0.29, 0.717) is 11.3 Å². The third-order valence-corrected chi connectivity index (χ3v) is 3.62. The molecule has 0 radical (unpaired) electrons. The van der Waals surface area contributed by atoms with E-state index >= 15 is 0 Å². The lowest BCUT2D eigenvalue weighted by Crippen LogP contribution is -2.60. The monoisotopic (exact) mass is 314 g/mol. The second-order valence-electron chi connectivity index (χ2n) is 5.15. The summed E-state index contributed by atoms with van der Waals surface area (Å²) in [5.41, 5.74) is 0.874. The van der Waals surface area contributed by atoms with Gasteiger partial charge < -0.3 is 30.5 Å². The molecule has 0 amide bonds. The highest BCUT2D eigenvalue weighted by Crippen LogP contribution is 2.27. The summed E-state index contributed by atoms with van der Waals surface area (Å²) in [6.45, 7) is 1.16. The van der Waals surface area contributed by atoms with E-state index < -0.39 is 42.2 Å². The van der Waals surface area contributed by atoms with Gasteiger partial charge in [-0.1, -0.05) is 6.07 Å². The van der Waals surface area contributed by atoms with Crippen LogP contribution in [0, 0.1) is 17.0 Å². The first-order chi connectivity index (χ1) is 10.3. The smallest absolute Gasteiger partial charge is 0.271 e. The third-order valence-electron chi connectivity index (χ3n) is 3.62. The molecule has 0 aliphatic carbocycles. The van der Waals surface area contributed by atoms with E-state index in [1.54, 1.807) is 6.92 Å². The van der Waals surface area contributed by atoms with Gasteiger partial charge in [0, 0.05) is 17.8 Å². The lowest BCUT2D eigenvalue weighted by Gasteiger charge is -2.40. The molecule has 122 valence electrons. The largest absolute Gasteiger partial charge is 0.394 e. The Labute approximate surface area is 125 Å². The second-order valence-corrected chi connectivity index (χ2v) is 5.15. The first-order valence-corrected chi connectivity index (χ1v) is 6.67. The van der Waals surface area contributed by atoms with Crippen molar-refractivity contribution in [3.8, 4) is 0 Å². The van der Waals surface area contributed by atoms with E-state index in [-0.39, 0.29) is 5.69 Å². The average Bonchev–Trinajstić information content (AvgIpc) is 2.49. The van der Waals surface area contributed by atoms with Gasteiger partial charge in [0.1, 0.15) is 24.4 Å². The molecule has 1 saturated heterocycles. The summed E-state index contributed by atoms with van der Waals surface area (Å²) in [4.78, 5) is 10.2. The first-order valence-electron chi connectivity index (χ1n) is 6.67. The SMILES string of the molecule is Cc1ccc([N+](=O)[O-])cc1N[C@@H]1O[C@@H](CO)[C@H](O)[C@H](O)[C@@H]1O. The van der Waals surface area contributed by atoms with Crippen LogP contribution >= 0.6 is 0 Å². The molecule has 1 aliphatic rings. The predicted molar refractivity (Wildman–Crippen MR) is 75.2 cm³/mol. The van der Waals surface area contributed by atoms with Crippen LogP contribution < -0.4 is 5.32 Å². The highest BCUT2D eigenvalue weighted by Gasteiger charge is 2.43. The van der Waals surface area contributed by atoms with Crippen molar-refractivity contribution in [1.29, 1.82) is 0 Å². The van der Waals surface area contributed by atoms with Crippen molar-refractivity contribution in [2.45, 2.75) is 37.6 Å². The molecule has 0 bridgehead atoms. The number of non-ortho nitro benzene ring substituents is 1. The Morgan fingerprint density at radius 1 is 1.27 bits per heavy atom. The van der Waals surface area contributed by atoms with E-state index in [4.69, 9.17) is 9.84 Å². The van der Waals surface area contributed by atoms with E-state index in [1.165, 1.54) is 18.2 Å². The van der Waals surface area contributed by atoms with Crippen molar-refractivity contribution in [2.75, 3.05) is 11.9 Å². The molecule has 5 atom stereocenters. The number of ether oxygens (including phenoxy) is 1. The summed E-state index contributed by atoms with van der Waals surface area (Å²) in [6, 6.07) is 4.15. The van der Waals surface area contributed by atoms with Crippen LogP contribution in [0.5, 0.6) is 0 Å². The van der Waals surface area contributed by atoms with Crippen LogP contribution in [0.15, 0.2) is 18.2 Å². The maximum atomic E-state index is 10.8. The van der Waals surface area contributed by atoms with Crippen LogP contribution in [0.1, 0.15) is 5.56 Å². The van der Waals surface area contributed by atoms with Crippen LogP contribution in [0.4, 0.5) is 11.4 Å². The van der Waals surface area contributed by atoms with E-state index in [2.05, 4.69) is 5.32 Å². The summed E-state index contributed by atoms with van der Waals surface area (Å²) in [7, 11) is 0. The fourth-order valence-corrected chi connectivity index (χ4v) is 2.25. The number of nitro groups is 1. The summed E-state index contributed by atoms with van der Waals surface area (Å²) < 4.78 is 5.30. The van der Waals surface area contributed by atoms with Gasteiger partial charge in [-0.15, -0.1) is 0 Å². The number of aryl methyl sites for hydroxylation is 1. The molecule has 2 rings (SSSR count). The van der Waals surface area contributed by atoms with Gasteiger partial charge in [-0.2, -0.15) is 0 Å². The summed E-state index contributed by atoms with van der Waals surface area (Å²) >= 11 is 0. The molecule has 0 saturated carbocycles. The number of anilines is 1. The fourth-order valence-electron chi connectivity index (χ4n) is 2.25. The van der Waals surface area contributed by atoms with Crippen molar-refractivity contribution in [3.63, 3.8) is 0 Å². The lowest BCUT2D eigenvalue weighted by atomic mass is 9.98. The molecule has 0 aromatic heterocycles. The Hall–Kier alpha value is -1.78. The minimum absolute atomic E-state index is 0.141. The Morgan fingerprint density at radius 2 is 1.95 bits per heavy atom. The zero-order valence-corrected chi connectivity index (χ0v) is 11.8. The van der Waals surface area contributed by atoms with Gasteiger partial charge in [0.05, 0.1) is 11.5 Å². The van der Waals surface area contributed by atoms with Gasteiger partial charge in [0.15, 0.2) is 6.23 Å². The molecule has 1 aromatic carbocycles. The van der Waals surface area contributed by atoms with Gasteiger partial charge in [0.2, 0.25) is 0 Å². The molecule has 5 N–H and O–H groups in total. The number of aliphatic hydroxyl groups is 4. The molecular weight excluding hydrogens is 296 g/mol. The highest BCUT2D eigenvalue weighted by molar-refractivity contribution is 5.57. The third kappa shape index (κ3) is 3.18. The minimum Gasteiger partial charge on any atom is -0.394 e. The molecule has 22 heavy (non-hydrogen) atoms. The lowest BCUT2D eigenvalue weighted by molar-refractivity contribution is -0.384. The maximum Gasteiger partial charge on any atom is 0.271 e. The molecule has 1 heterocycles. The molecule has 1 fully saturated rings. The molecule has 9 heteroatoms. The van der Waals surface area contributed by atoms with Gasteiger partial charge in [-0.05, 0) is 12.5 Å². The molecule has 0 unspecified atom stereocenters. The highest BCUT2D eigenvalue weighted by atomic mass is 16.6. The number of rotatable bonds is 4. The maximum absolute atomic E-state index is 10.8. The Bertz CT molecular complexity index is 551. The van der Waals surface area contributed by atoms with Crippen LogP contribution in [-0.2, 0) is 4.74 Å². The summed E-state index contributed by atoms with van der Waals surface area (Å²) in [5.74, 6) is 0. The van der Waals surface area contributed by atoms with Crippen molar-refractivity contribution >= 4 is 11.4 Å². The van der Waals surface area contributed by atoms with E-state index in [1.807, 2.05) is 0 Å². The number of hydrogen-bond donors (Lipinski definition) is 5. The van der Waals surface area contributed by atoms with Crippen molar-refractivity contribution < 1.29 is 30.1 Å². The van der Waals surface area contributed by atoms with Crippen molar-refractivity contribution in [1.82, 2.24) is 0 Å². The van der Waals surface area contributed by atoms with Gasteiger partial charge in [-0.25, -0.2) is 0 Å². The van der Waals surface area contributed by atoms with E-state index in [9.17, 15) is 25.4 Å². The van der Waals surface area contributed by atoms with Crippen molar-refractivity contribution in [2.24, 2.45) is 0 Å². The van der Waals surface area contributed by atoms with Gasteiger partial charge in [-0.3, -0.25) is 10.1 Å². The number of nitrogens with zero attached hydrogens (tertiary/aromatic N) is 1. The van der Waals surface area contributed by atoms with E-state index in [0.717, 1.165) is 0 Å².